The summed E-state index contributed by atoms with van der Waals surface area (Å²) in [7, 11) is 0. The van der Waals surface area contributed by atoms with Gasteiger partial charge in [0.05, 0.1) is 12.2 Å². The number of rotatable bonds is 6. The number of pyridine rings is 1. The number of imidazole rings is 1. The van der Waals surface area contributed by atoms with Crippen molar-refractivity contribution in [3.63, 3.8) is 0 Å². The van der Waals surface area contributed by atoms with E-state index in [0.29, 0.717) is 17.5 Å². The summed E-state index contributed by atoms with van der Waals surface area (Å²) in [6, 6.07) is 10.1. The highest BCUT2D eigenvalue weighted by Gasteiger charge is 2.25. The summed E-state index contributed by atoms with van der Waals surface area (Å²) in [4.78, 5) is 17.4. The van der Waals surface area contributed by atoms with Crippen molar-refractivity contribution in [2.75, 3.05) is 0 Å². The molecule has 0 amide bonds. The number of tetrazole rings is 1. The molecule has 3 aromatic heterocycles. The Labute approximate surface area is 191 Å². The van der Waals surface area contributed by atoms with Gasteiger partial charge in [-0.1, -0.05) is 49.2 Å². The second kappa shape index (κ2) is 8.70. The van der Waals surface area contributed by atoms with Gasteiger partial charge in [-0.25, -0.2) is 9.89 Å². The van der Waals surface area contributed by atoms with E-state index in [0.717, 1.165) is 40.8 Å². The molecule has 8 nitrogen and oxygen atoms in total. The molecule has 0 saturated carbocycles. The molecular weight excluding hydrogens is 426 g/mol. The molecule has 0 aliphatic rings. The van der Waals surface area contributed by atoms with Crippen molar-refractivity contribution in [2.24, 2.45) is 0 Å². The average molecular weight is 452 g/mol. The Bertz CT molecular complexity index is 1270. The Morgan fingerprint density at radius 3 is 2.47 bits per heavy atom. The maximum absolute atomic E-state index is 13.2. The fraction of sp³-hybridized carbons (Fsp3) is 0.348. The summed E-state index contributed by atoms with van der Waals surface area (Å²) in [6.07, 6.45) is 5.14. The molecule has 1 N–H and O–H groups in total. The van der Waals surface area contributed by atoms with Gasteiger partial charge in [-0.05, 0) is 60.4 Å². The topological polar surface area (TPSA) is 94.3 Å². The molecule has 0 bridgehead atoms. The average Bonchev–Trinajstić information content (AvgIpc) is 3.37. The Morgan fingerprint density at radius 1 is 1.09 bits per heavy atom. The van der Waals surface area contributed by atoms with Crippen LogP contribution in [0.3, 0.4) is 0 Å². The normalized spacial score (nSPS) is 11.8. The molecule has 0 aliphatic heterocycles. The van der Waals surface area contributed by atoms with Gasteiger partial charge in [0, 0.05) is 23.5 Å². The maximum atomic E-state index is 13.2. The number of nitrogens with zero attached hydrogens (tertiary/aromatic N) is 6. The highest BCUT2D eigenvalue weighted by molar-refractivity contribution is 6.30. The van der Waals surface area contributed by atoms with E-state index < -0.39 is 0 Å². The van der Waals surface area contributed by atoms with Crippen LogP contribution in [-0.2, 0) is 18.5 Å². The third-order valence-electron chi connectivity index (χ3n) is 5.37. The first-order valence-corrected chi connectivity index (χ1v) is 11.0. The van der Waals surface area contributed by atoms with Gasteiger partial charge < -0.3 is 0 Å². The Hall–Kier alpha value is -3.26. The van der Waals surface area contributed by atoms with Crippen molar-refractivity contribution in [1.29, 1.82) is 0 Å². The zero-order valence-electron chi connectivity index (χ0n) is 18.6. The minimum absolute atomic E-state index is 0.0794. The van der Waals surface area contributed by atoms with Crippen molar-refractivity contribution < 1.29 is 0 Å². The fourth-order valence-electron chi connectivity index (χ4n) is 3.86. The predicted octanol–water partition coefficient (Wildman–Crippen LogP) is 4.30. The fourth-order valence-corrected chi connectivity index (χ4v) is 4.38. The highest BCUT2D eigenvalue weighted by atomic mass is 35.5. The van der Waals surface area contributed by atoms with Crippen molar-refractivity contribution in [3.05, 3.63) is 69.6 Å². The predicted molar refractivity (Wildman–Crippen MR) is 125 cm³/mol. The van der Waals surface area contributed by atoms with Crippen LogP contribution in [-0.4, -0.2) is 34.7 Å². The summed E-state index contributed by atoms with van der Waals surface area (Å²) in [6.45, 7) is 8.53. The summed E-state index contributed by atoms with van der Waals surface area (Å²) >= 11 is 6.65. The van der Waals surface area contributed by atoms with Gasteiger partial charge in [0.1, 0.15) is 5.15 Å². The Morgan fingerprint density at radius 2 is 1.84 bits per heavy atom. The standard InChI is InChI=1S/C23H26ClN7O/c1-5-6-19-20(24)31(23(2,3)4)22(32)30(19)14-15-7-9-16(10-8-15)17-11-12-25-13-18(17)21-26-28-29-27-21/h7-13H,5-6,14H2,1-4H3,(H,26,27,28,29). The van der Waals surface area contributed by atoms with Crippen LogP contribution in [0.4, 0.5) is 0 Å². The second-order valence-corrected chi connectivity index (χ2v) is 9.09. The Kier molecular flexibility index (Phi) is 5.97. The van der Waals surface area contributed by atoms with E-state index in [1.165, 1.54) is 0 Å². The minimum Gasteiger partial charge on any atom is -0.290 e. The van der Waals surface area contributed by atoms with Crippen LogP contribution in [0.25, 0.3) is 22.5 Å². The van der Waals surface area contributed by atoms with Crippen LogP contribution >= 0.6 is 11.6 Å². The summed E-state index contributed by atoms with van der Waals surface area (Å²) in [5, 5.41) is 14.6. The number of aromatic nitrogens is 7. The lowest BCUT2D eigenvalue weighted by Crippen LogP contribution is -2.35. The van der Waals surface area contributed by atoms with Gasteiger partial charge in [-0.2, -0.15) is 0 Å². The third-order valence-corrected chi connectivity index (χ3v) is 5.75. The molecule has 0 unspecified atom stereocenters. The van der Waals surface area contributed by atoms with Crippen LogP contribution < -0.4 is 5.69 Å². The van der Waals surface area contributed by atoms with E-state index in [9.17, 15) is 4.79 Å². The molecule has 166 valence electrons. The molecule has 0 saturated heterocycles. The number of halogens is 1. The van der Waals surface area contributed by atoms with Crippen LogP contribution in [0, 0.1) is 0 Å². The lowest BCUT2D eigenvalue weighted by molar-refractivity contribution is 0.380. The smallest absolute Gasteiger partial charge is 0.290 e. The van der Waals surface area contributed by atoms with Gasteiger partial charge in [0.15, 0.2) is 5.82 Å². The van der Waals surface area contributed by atoms with Crippen molar-refractivity contribution in [1.82, 2.24) is 34.7 Å². The molecule has 0 atom stereocenters. The van der Waals surface area contributed by atoms with Gasteiger partial charge >= 0.3 is 5.69 Å². The van der Waals surface area contributed by atoms with E-state index in [4.69, 9.17) is 11.6 Å². The van der Waals surface area contributed by atoms with E-state index >= 15 is 0 Å². The molecule has 0 aliphatic carbocycles. The van der Waals surface area contributed by atoms with Crippen molar-refractivity contribution >= 4 is 11.6 Å². The molecule has 3 heterocycles. The third kappa shape index (κ3) is 4.10. The molecule has 0 spiro atoms. The van der Waals surface area contributed by atoms with Crippen molar-refractivity contribution in [3.8, 4) is 22.5 Å². The van der Waals surface area contributed by atoms with Crippen LogP contribution in [0.1, 0.15) is 45.4 Å². The second-order valence-electron chi connectivity index (χ2n) is 8.73. The monoisotopic (exact) mass is 451 g/mol. The molecule has 0 fully saturated rings. The van der Waals surface area contributed by atoms with Crippen molar-refractivity contribution in [2.45, 2.75) is 52.6 Å². The van der Waals surface area contributed by atoms with E-state index in [1.54, 1.807) is 21.5 Å². The van der Waals surface area contributed by atoms with Crippen LogP contribution in [0.5, 0.6) is 0 Å². The van der Waals surface area contributed by atoms with E-state index in [1.807, 2.05) is 51.1 Å². The number of hydrogen-bond acceptors (Lipinski definition) is 5. The van der Waals surface area contributed by atoms with Gasteiger partial charge in [-0.3, -0.25) is 14.1 Å². The number of nitrogens with one attached hydrogen (secondary N) is 1. The molecular formula is C23H26ClN7O. The summed E-state index contributed by atoms with van der Waals surface area (Å²) in [5.74, 6) is 0.561. The molecule has 1 aromatic carbocycles. The number of hydrogen-bond donors (Lipinski definition) is 1. The molecule has 0 radical (unpaired) electrons. The van der Waals surface area contributed by atoms with Gasteiger partial charge in [-0.15, -0.1) is 5.10 Å². The quantitative estimate of drug-likeness (QED) is 0.471. The minimum atomic E-state index is -0.390. The lowest BCUT2D eigenvalue weighted by atomic mass is 10.00. The lowest BCUT2D eigenvalue weighted by Gasteiger charge is -2.20. The molecule has 9 heteroatoms. The largest absolute Gasteiger partial charge is 0.330 e. The summed E-state index contributed by atoms with van der Waals surface area (Å²) in [5.41, 5.74) is 4.23. The number of aromatic amines is 1. The summed E-state index contributed by atoms with van der Waals surface area (Å²) < 4.78 is 3.48. The van der Waals surface area contributed by atoms with E-state index in [2.05, 4.69) is 32.5 Å². The van der Waals surface area contributed by atoms with Crippen LogP contribution in [0.2, 0.25) is 5.15 Å². The number of benzene rings is 1. The zero-order valence-corrected chi connectivity index (χ0v) is 19.4. The molecule has 4 aromatic rings. The van der Waals surface area contributed by atoms with Crippen LogP contribution in [0.15, 0.2) is 47.5 Å². The maximum Gasteiger partial charge on any atom is 0.330 e. The number of H-pyrrole nitrogens is 1. The zero-order chi connectivity index (χ0) is 22.9. The Balaban J connectivity index is 1.69. The first-order valence-electron chi connectivity index (χ1n) is 10.6. The molecule has 4 rings (SSSR count). The highest BCUT2D eigenvalue weighted by Crippen LogP contribution is 2.29. The first kappa shape index (κ1) is 22.0. The molecule has 32 heavy (non-hydrogen) atoms. The first-order chi connectivity index (χ1) is 15.3. The van der Waals surface area contributed by atoms with Gasteiger partial charge in [0.25, 0.3) is 0 Å². The van der Waals surface area contributed by atoms with Gasteiger partial charge in [0.2, 0.25) is 0 Å². The van der Waals surface area contributed by atoms with E-state index in [-0.39, 0.29) is 11.2 Å². The SMILES string of the molecule is CCCc1c(Cl)n(C(C)(C)C)c(=O)n1Cc1ccc(-c2ccncc2-c2nnn[nH]2)cc1.